The molecule has 6 nitrogen and oxygen atoms in total. The molecule has 0 bridgehead atoms. The van der Waals surface area contributed by atoms with E-state index in [1.165, 1.54) is 5.56 Å². The predicted molar refractivity (Wildman–Crippen MR) is 119 cm³/mol. The molecule has 154 valence electrons. The van der Waals surface area contributed by atoms with Crippen molar-refractivity contribution in [3.05, 3.63) is 69.8 Å². The first-order valence-electron chi connectivity index (χ1n) is 9.90. The summed E-state index contributed by atoms with van der Waals surface area (Å²) in [6.07, 6.45) is 3.57. The molecular formula is C23H22BrN3O3. The fourth-order valence-corrected chi connectivity index (χ4v) is 4.34. The molecule has 0 unspecified atom stereocenters. The van der Waals surface area contributed by atoms with Crippen LogP contribution in [0, 0.1) is 0 Å². The number of imide groups is 1. The van der Waals surface area contributed by atoms with E-state index < -0.39 is 5.91 Å². The Labute approximate surface area is 183 Å². The Balaban J connectivity index is 1.48. The first-order chi connectivity index (χ1) is 14.4. The number of fused-ring (bicyclic) bond motifs is 1. The van der Waals surface area contributed by atoms with Crippen LogP contribution in [0.25, 0.3) is 5.57 Å². The molecule has 1 saturated heterocycles. The molecule has 2 aliphatic heterocycles. The maximum atomic E-state index is 12.4. The fraction of sp³-hybridized carbons (Fsp3) is 0.261. The number of halogens is 1. The topological polar surface area (TPSA) is 78.5 Å². The molecule has 2 aromatic carbocycles. The maximum Gasteiger partial charge on any atom is 0.260 e. The first kappa shape index (κ1) is 20.3. The highest BCUT2D eigenvalue weighted by Crippen LogP contribution is 2.30. The van der Waals surface area contributed by atoms with Crippen molar-refractivity contribution in [3.8, 4) is 0 Å². The standard InChI is InChI=1S/C23H22BrN3O3/c1-14(28)27-10-8-16(9-11-27)15-2-5-18(6-3-15)25-13-21-20-12-17(24)4-7-19(20)22(29)26-23(21)30/h2-7,12-13,16,25H,8-11H2,1H3,(H,26,29,30). The average molecular weight is 468 g/mol. The molecule has 2 heterocycles. The highest BCUT2D eigenvalue weighted by molar-refractivity contribution is 9.10. The van der Waals surface area contributed by atoms with Gasteiger partial charge in [0.05, 0.1) is 5.57 Å². The van der Waals surface area contributed by atoms with Gasteiger partial charge in [0.2, 0.25) is 5.91 Å². The molecule has 0 radical (unpaired) electrons. The summed E-state index contributed by atoms with van der Waals surface area (Å²) in [6, 6.07) is 13.4. The van der Waals surface area contributed by atoms with Gasteiger partial charge in [0.15, 0.2) is 0 Å². The minimum absolute atomic E-state index is 0.142. The van der Waals surface area contributed by atoms with Crippen LogP contribution in [0.2, 0.25) is 0 Å². The number of piperidine rings is 1. The van der Waals surface area contributed by atoms with Crippen LogP contribution < -0.4 is 10.6 Å². The Bertz CT molecular complexity index is 1040. The highest BCUT2D eigenvalue weighted by atomic mass is 79.9. The summed E-state index contributed by atoms with van der Waals surface area (Å²) in [7, 11) is 0. The van der Waals surface area contributed by atoms with E-state index in [0.29, 0.717) is 22.6 Å². The Morgan fingerprint density at radius 2 is 1.77 bits per heavy atom. The summed E-state index contributed by atoms with van der Waals surface area (Å²) >= 11 is 3.40. The quantitative estimate of drug-likeness (QED) is 0.529. The average Bonchev–Trinajstić information content (AvgIpc) is 2.74. The van der Waals surface area contributed by atoms with E-state index in [9.17, 15) is 14.4 Å². The second-order valence-electron chi connectivity index (χ2n) is 7.58. The van der Waals surface area contributed by atoms with Gasteiger partial charge in [-0.25, -0.2) is 0 Å². The van der Waals surface area contributed by atoms with Gasteiger partial charge in [0.1, 0.15) is 0 Å². The molecule has 2 aromatic rings. The van der Waals surface area contributed by atoms with Crippen molar-refractivity contribution in [1.29, 1.82) is 0 Å². The molecule has 4 rings (SSSR count). The third-order valence-corrected chi connectivity index (χ3v) is 6.19. The van der Waals surface area contributed by atoms with Crippen LogP contribution in [0.15, 0.2) is 53.1 Å². The Morgan fingerprint density at radius 3 is 2.43 bits per heavy atom. The van der Waals surface area contributed by atoms with Crippen LogP contribution in [-0.4, -0.2) is 35.7 Å². The molecule has 0 aliphatic carbocycles. The second kappa shape index (κ2) is 8.44. The zero-order valence-electron chi connectivity index (χ0n) is 16.6. The van der Waals surface area contributed by atoms with Crippen molar-refractivity contribution < 1.29 is 14.4 Å². The monoisotopic (exact) mass is 467 g/mol. The lowest BCUT2D eigenvalue weighted by Crippen LogP contribution is -2.36. The van der Waals surface area contributed by atoms with Gasteiger partial charge in [0.25, 0.3) is 11.8 Å². The van der Waals surface area contributed by atoms with E-state index in [1.807, 2.05) is 17.0 Å². The van der Waals surface area contributed by atoms with Crippen molar-refractivity contribution in [3.63, 3.8) is 0 Å². The van der Waals surface area contributed by atoms with Crippen LogP contribution in [-0.2, 0) is 9.59 Å². The van der Waals surface area contributed by atoms with Crippen LogP contribution in [0.1, 0.15) is 47.2 Å². The fourth-order valence-electron chi connectivity index (χ4n) is 3.98. The normalized spacial score (nSPS) is 18.2. The summed E-state index contributed by atoms with van der Waals surface area (Å²) in [5.74, 6) is -0.220. The van der Waals surface area contributed by atoms with Gasteiger partial charge in [-0.15, -0.1) is 0 Å². The van der Waals surface area contributed by atoms with E-state index in [1.54, 1.807) is 31.3 Å². The largest absolute Gasteiger partial charge is 0.361 e. The number of nitrogens with zero attached hydrogens (tertiary/aromatic N) is 1. The Morgan fingerprint density at radius 1 is 1.07 bits per heavy atom. The zero-order chi connectivity index (χ0) is 21.3. The number of benzene rings is 2. The van der Waals surface area contributed by atoms with Gasteiger partial charge in [-0.3, -0.25) is 19.7 Å². The minimum Gasteiger partial charge on any atom is -0.361 e. The van der Waals surface area contributed by atoms with Crippen molar-refractivity contribution in [2.45, 2.75) is 25.7 Å². The molecule has 2 N–H and O–H groups in total. The van der Waals surface area contributed by atoms with Gasteiger partial charge < -0.3 is 10.2 Å². The van der Waals surface area contributed by atoms with Gasteiger partial charge in [-0.1, -0.05) is 28.1 Å². The van der Waals surface area contributed by atoms with E-state index in [0.717, 1.165) is 36.1 Å². The number of hydrogen-bond acceptors (Lipinski definition) is 4. The zero-order valence-corrected chi connectivity index (χ0v) is 18.2. The summed E-state index contributed by atoms with van der Waals surface area (Å²) in [4.78, 5) is 37.8. The summed E-state index contributed by atoms with van der Waals surface area (Å²) in [5, 5.41) is 5.55. The molecule has 2 aliphatic rings. The molecule has 0 saturated carbocycles. The predicted octanol–water partition coefficient (Wildman–Crippen LogP) is 3.90. The van der Waals surface area contributed by atoms with E-state index in [-0.39, 0.29) is 11.8 Å². The summed E-state index contributed by atoms with van der Waals surface area (Å²) in [6.45, 7) is 3.22. The molecule has 3 amide bonds. The summed E-state index contributed by atoms with van der Waals surface area (Å²) in [5.41, 5.74) is 3.59. The second-order valence-corrected chi connectivity index (χ2v) is 8.49. The number of likely N-dealkylation sites (tertiary alicyclic amines) is 1. The highest BCUT2D eigenvalue weighted by Gasteiger charge is 2.27. The minimum atomic E-state index is -0.424. The maximum absolute atomic E-state index is 12.4. The van der Waals surface area contributed by atoms with Crippen LogP contribution in [0.3, 0.4) is 0 Å². The van der Waals surface area contributed by atoms with Crippen molar-refractivity contribution >= 4 is 44.9 Å². The third-order valence-electron chi connectivity index (χ3n) is 5.69. The van der Waals surface area contributed by atoms with Gasteiger partial charge in [-0.05, 0) is 54.7 Å². The Hall–Kier alpha value is -2.93. The van der Waals surface area contributed by atoms with Crippen LogP contribution in [0.4, 0.5) is 5.69 Å². The van der Waals surface area contributed by atoms with E-state index in [4.69, 9.17) is 0 Å². The van der Waals surface area contributed by atoms with Gasteiger partial charge >= 0.3 is 0 Å². The molecule has 0 spiro atoms. The molecule has 30 heavy (non-hydrogen) atoms. The number of carbonyl (C=O) groups excluding carboxylic acids is 3. The number of rotatable bonds is 3. The van der Waals surface area contributed by atoms with Crippen LogP contribution >= 0.6 is 15.9 Å². The van der Waals surface area contributed by atoms with E-state index in [2.05, 4.69) is 38.7 Å². The number of anilines is 1. The third kappa shape index (κ3) is 4.16. The molecule has 7 heteroatoms. The lowest BCUT2D eigenvalue weighted by Gasteiger charge is -2.31. The Kier molecular flexibility index (Phi) is 5.72. The summed E-state index contributed by atoms with van der Waals surface area (Å²) < 4.78 is 0.801. The lowest BCUT2D eigenvalue weighted by atomic mass is 9.89. The van der Waals surface area contributed by atoms with Crippen LogP contribution in [0.5, 0.6) is 0 Å². The van der Waals surface area contributed by atoms with Crippen molar-refractivity contribution in [1.82, 2.24) is 10.2 Å². The van der Waals surface area contributed by atoms with E-state index >= 15 is 0 Å². The molecule has 1 fully saturated rings. The number of nitrogens with one attached hydrogen (secondary N) is 2. The molecule has 0 aromatic heterocycles. The first-order valence-corrected chi connectivity index (χ1v) is 10.7. The van der Waals surface area contributed by atoms with Gasteiger partial charge in [-0.2, -0.15) is 0 Å². The number of carbonyl (C=O) groups is 3. The molecular weight excluding hydrogens is 446 g/mol. The SMILES string of the molecule is CC(=O)N1CCC(c2ccc(NC=C3C(=O)NC(=O)c4ccc(Br)cc43)cc2)CC1. The van der Waals surface area contributed by atoms with Crippen molar-refractivity contribution in [2.75, 3.05) is 18.4 Å². The van der Waals surface area contributed by atoms with Crippen molar-refractivity contribution in [2.24, 2.45) is 0 Å². The molecule has 0 atom stereocenters. The lowest BCUT2D eigenvalue weighted by molar-refractivity contribution is -0.129. The smallest absolute Gasteiger partial charge is 0.260 e. The number of amides is 3. The number of hydrogen-bond donors (Lipinski definition) is 2. The van der Waals surface area contributed by atoms with Gasteiger partial charge in [0, 0.05) is 47.5 Å².